The number of rotatable bonds is 8. The van der Waals surface area contributed by atoms with Gasteiger partial charge in [0.05, 0.1) is 25.1 Å². The van der Waals surface area contributed by atoms with Crippen LogP contribution in [0.1, 0.15) is 18.1 Å². The lowest BCUT2D eigenvalue weighted by Crippen LogP contribution is -2.42. The van der Waals surface area contributed by atoms with Crippen LogP contribution in [0.15, 0.2) is 53.5 Å². The van der Waals surface area contributed by atoms with Gasteiger partial charge >= 0.3 is 0 Å². The Morgan fingerprint density at radius 2 is 1.87 bits per heavy atom. The first-order valence-electron chi connectivity index (χ1n) is 9.77. The van der Waals surface area contributed by atoms with Crippen LogP contribution in [-0.4, -0.2) is 46.9 Å². The highest BCUT2D eigenvalue weighted by molar-refractivity contribution is 14.0. The average Bonchev–Trinajstić information content (AvgIpc) is 3.17. The predicted molar refractivity (Wildman–Crippen MR) is 133 cm³/mol. The number of hydrogen-bond acceptors (Lipinski definition) is 4. The van der Waals surface area contributed by atoms with E-state index in [-0.39, 0.29) is 36.3 Å². The van der Waals surface area contributed by atoms with Crippen molar-refractivity contribution >= 4 is 45.6 Å². The molecule has 0 amide bonds. The average molecular weight is 544 g/mol. The lowest BCUT2D eigenvalue weighted by Gasteiger charge is -2.20. The third-order valence-corrected chi connectivity index (χ3v) is 6.53. The number of nitrogens with zero attached hydrogens (tertiary/aromatic N) is 2. The molecule has 2 aromatic carbocycles. The number of halogens is 1. The topological polar surface area (TPSA) is 83.0 Å². The van der Waals surface area contributed by atoms with Crippen LogP contribution in [0.5, 0.6) is 5.75 Å². The van der Waals surface area contributed by atoms with Crippen molar-refractivity contribution in [2.75, 3.05) is 36.8 Å². The van der Waals surface area contributed by atoms with Gasteiger partial charge in [-0.2, -0.15) is 0 Å². The number of benzene rings is 2. The molecule has 2 aromatic rings. The molecule has 2 N–H and O–H groups in total. The van der Waals surface area contributed by atoms with E-state index in [0.29, 0.717) is 25.6 Å². The number of methoxy groups -OCH3 is 1. The van der Waals surface area contributed by atoms with E-state index in [1.54, 1.807) is 7.11 Å². The van der Waals surface area contributed by atoms with Crippen molar-refractivity contribution < 1.29 is 13.2 Å². The van der Waals surface area contributed by atoms with Gasteiger partial charge in [-0.1, -0.05) is 30.3 Å². The summed E-state index contributed by atoms with van der Waals surface area (Å²) < 4.78 is 32.3. The van der Waals surface area contributed by atoms with E-state index in [9.17, 15) is 8.42 Å². The van der Waals surface area contributed by atoms with E-state index < -0.39 is 10.0 Å². The molecular weight excluding hydrogens is 515 g/mol. The Morgan fingerprint density at radius 3 is 2.57 bits per heavy atom. The molecule has 0 bridgehead atoms. The molecule has 30 heavy (non-hydrogen) atoms. The minimum atomic E-state index is -3.38. The molecule has 7 nitrogen and oxygen atoms in total. The van der Waals surface area contributed by atoms with Crippen molar-refractivity contribution in [3.05, 3.63) is 59.7 Å². The van der Waals surface area contributed by atoms with Crippen LogP contribution in [0, 0.1) is 0 Å². The largest absolute Gasteiger partial charge is 0.497 e. The van der Waals surface area contributed by atoms with Gasteiger partial charge in [-0.25, -0.2) is 13.4 Å². The zero-order chi connectivity index (χ0) is 20.7. The normalized spacial score (nSPS) is 13.4. The van der Waals surface area contributed by atoms with Crippen LogP contribution < -0.4 is 19.7 Å². The summed E-state index contributed by atoms with van der Waals surface area (Å²) in [5, 5.41) is 6.28. The van der Waals surface area contributed by atoms with Gasteiger partial charge in [-0.3, -0.25) is 4.31 Å². The fourth-order valence-electron chi connectivity index (χ4n) is 3.25. The molecule has 0 radical (unpaired) electrons. The van der Waals surface area contributed by atoms with Gasteiger partial charge in [0.1, 0.15) is 5.75 Å². The Bertz CT molecular complexity index is 949. The summed E-state index contributed by atoms with van der Waals surface area (Å²) in [6, 6.07) is 15.4. The molecule has 0 saturated heterocycles. The maximum atomic E-state index is 12.8. The van der Waals surface area contributed by atoms with Crippen molar-refractivity contribution in [2.45, 2.75) is 19.9 Å². The molecule has 0 fully saturated rings. The number of aliphatic imine (C=N–C) groups is 1. The van der Waals surface area contributed by atoms with Crippen LogP contribution in [0.2, 0.25) is 0 Å². The highest BCUT2D eigenvalue weighted by Crippen LogP contribution is 2.29. The molecule has 3 rings (SSSR count). The Kier molecular flexibility index (Phi) is 9.22. The number of fused-ring (bicyclic) bond motifs is 1. The fraction of sp³-hybridized carbons (Fsp3) is 0.381. The van der Waals surface area contributed by atoms with Crippen LogP contribution in [0.4, 0.5) is 5.69 Å². The second-order valence-electron chi connectivity index (χ2n) is 6.74. The van der Waals surface area contributed by atoms with E-state index >= 15 is 0 Å². The monoisotopic (exact) mass is 544 g/mol. The Hall–Kier alpha value is -2.01. The summed E-state index contributed by atoms with van der Waals surface area (Å²) in [4.78, 5) is 4.54. The second kappa shape index (κ2) is 11.4. The number of guanidine groups is 1. The minimum Gasteiger partial charge on any atom is -0.497 e. The lowest BCUT2D eigenvalue weighted by molar-refractivity contribution is 0.414. The number of nitrogens with one attached hydrogen (secondary N) is 2. The van der Waals surface area contributed by atoms with Crippen molar-refractivity contribution in [3.63, 3.8) is 0 Å². The third kappa shape index (κ3) is 6.24. The molecule has 9 heteroatoms. The Labute approximate surface area is 196 Å². The highest BCUT2D eigenvalue weighted by Gasteiger charge is 2.28. The molecule has 1 aliphatic heterocycles. The third-order valence-electron chi connectivity index (χ3n) is 4.76. The number of anilines is 1. The smallest absolute Gasteiger partial charge is 0.236 e. The molecule has 0 aromatic heterocycles. The minimum absolute atomic E-state index is 0. The van der Waals surface area contributed by atoms with E-state index in [2.05, 4.69) is 15.6 Å². The van der Waals surface area contributed by atoms with Gasteiger partial charge in [0.2, 0.25) is 10.0 Å². The zero-order valence-electron chi connectivity index (χ0n) is 17.3. The zero-order valence-corrected chi connectivity index (χ0v) is 20.4. The molecule has 0 spiro atoms. The number of ether oxygens (including phenoxy) is 1. The van der Waals surface area contributed by atoms with E-state index in [0.717, 1.165) is 29.0 Å². The maximum Gasteiger partial charge on any atom is 0.236 e. The number of hydrogen-bond donors (Lipinski definition) is 2. The predicted octanol–water partition coefficient (Wildman–Crippen LogP) is 2.76. The SMILES string of the molecule is CCNC(=NCc1ccc(OC)cc1)NCCS(=O)(=O)N1CCc2ccccc21.I. The number of sulfonamides is 1. The van der Waals surface area contributed by atoms with Crippen molar-refractivity contribution in [3.8, 4) is 5.75 Å². The van der Waals surface area contributed by atoms with Crippen LogP contribution in [-0.2, 0) is 23.0 Å². The summed E-state index contributed by atoms with van der Waals surface area (Å²) >= 11 is 0. The fourth-order valence-corrected chi connectivity index (χ4v) is 4.68. The van der Waals surface area contributed by atoms with Gasteiger partial charge < -0.3 is 15.4 Å². The van der Waals surface area contributed by atoms with Crippen molar-refractivity contribution in [2.24, 2.45) is 4.99 Å². The molecular formula is C21H29IN4O3S. The van der Waals surface area contributed by atoms with Gasteiger partial charge in [-0.15, -0.1) is 24.0 Å². The van der Waals surface area contributed by atoms with E-state index in [1.165, 1.54) is 4.31 Å². The quantitative estimate of drug-likeness (QED) is 0.304. The molecule has 0 aliphatic carbocycles. The second-order valence-corrected chi connectivity index (χ2v) is 8.75. The van der Waals surface area contributed by atoms with Crippen LogP contribution in [0.3, 0.4) is 0 Å². The van der Waals surface area contributed by atoms with Gasteiger partial charge in [-0.05, 0) is 42.7 Å². The maximum absolute atomic E-state index is 12.8. The van der Waals surface area contributed by atoms with Crippen molar-refractivity contribution in [1.82, 2.24) is 10.6 Å². The van der Waals surface area contributed by atoms with Crippen molar-refractivity contribution in [1.29, 1.82) is 0 Å². The molecule has 0 atom stereocenters. The van der Waals surface area contributed by atoms with Gasteiger partial charge in [0.15, 0.2) is 5.96 Å². The Morgan fingerprint density at radius 1 is 1.13 bits per heavy atom. The molecule has 1 aliphatic rings. The molecule has 0 saturated carbocycles. The standard InChI is InChI=1S/C21H28N4O3S.HI/c1-3-22-21(24-16-17-8-10-19(28-2)11-9-17)23-13-15-29(26,27)25-14-12-18-6-4-5-7-20(18)25;/h4-11H,3,12-16H2,1-2H3,(H2,22,23,24);1H. The van der Waals surface area contributed by atoms with Gasteiger partial charge in [0.25, 0.3) is 0 Å². The van der Waals surface area contributed by atoms with Gasteiger partial charge in [0, 0.05) is 19.6 Å². The first-order chi connectivity index (χ1) is 14.0. The summed E-state index contributed by atoms with van der Waals surface area (Å²) in [6.07, 6.45) is 0.759. The Balaban J connectivity index is 0.00000320. The summed E-state index contributed by atoms with van der Waals surface area (Å²) in [7, 11) is -1.75. The summed E-state index contributed by atoms with van der Waals surface area (Å²) in [5.41, 5.74) is 2.93. The van der Waals surface area contributed by atoms with Crippen LogP contribution >= 0.6 is 24.0 Å². The highest BCUT2D eigenvalue weighted by atomic mass is 127. The first-order valence-corrected chi connectivity index (χ1v) is 11.4. The molecule has 164 valence electrons. The first kappa shape index (κ1) is 24.3. The summed E-state index contributed by atoms with van der Waals surface area (Å²) in [6.45, 7) is 3.96. The summed E-state index contributed by atoms with van der Waals surface area (Å²) in [5.74, 6) is 1.41. The molecule has 0 unspecified atom stereocenters. The van der Waals surface area contributed by atoms with E-state index in [4.69, 9.17) is 4.74 Å². The number of para-hydroxylation sites is 1. The van der Waals surface area contributed by atoms with E-state index in [1.807, 2.05) is 55.5 Å². The van der Waals surface area contributed by atoms with Crippen LogP contribution in [0.25, 0.3) is 0 Å². The molecule has 1 heterocycles. The lowest BCUT2D eigenvalue weighted by atomic mass is 10.2.